The molecule has 0 saturated carbocycles. The fraction of sp³-hybridized carbons (Fsp3) is 0.739. The highest BCUT2D eigenvalue weighted by molar-refractivity contribution is 6.77. The molecule has 0 spiro atoms. The third kappa shape index (κ3) is 4.88. The predicted molar refractivity (Wildman–Crippen MR) is 124 cm³/mol. The van der Waals surface area contributed by atoms with Gasteiger partial charge in [0.2, 0.25) is 14.3 Å². The molecule has 7 heteroatoms. The number of hydrogen-bond donors (Lipinski definition) is 2. The summed E-state index contributed by atoms with van der Waals surface area (Å²) in [5.41, 5.74) is 1.54. The highest BCUT2D eigenvalue weighted by Gasteiger charge is 2.50. The van der Waals surface area contributed by atoms with Crippen LogP contribution in [0.5, 0.6) is 0 Å². The molecule has 170 valence electrons. The Labute approximate surface area is 182 Å². The summed E-state index contributed by atoms with van der Waals surface area (Å²) < 4.78 is 22.1. The Balaban J connectivity index is 2.13. The Morgan fingerprint density at radius 3 is 2.03 bits per heavy atom. The fourth-order valence-electron chi connectivity index (χ4n) is 5.48. The Kier molecular flexibility index (Phi) is 7.72. The van der Waals surface area contributed by atoms with Crippen LogP contribution in [0.2, 0.25) is 16.6 Å². The predicted octanol–water partition coefficient (Wildman–Crippen LogP) is 5.57. The summed E-state index contributed by atoms with van der Waals surface area (Å²) in [5, 5.41) is 16.5. The molecule has 0 amide bonds. The lowest BCUT2D eigenvalue weighted by atomic mass is 9.83. The van der Waals surface area contributed by atoms with E-state index in [0.29, 0.717) is 22.5 Å². The first-order chi connectivity index (χ1) is 13.8. The van der Waals surface area contributed by atoms with Crippen LogP contribution in [-0.2, 0) is 4.43 Å². The highest BCUT2D eigenvalue weighted by Crippen LogP contribution is 2.47. The largest absolute Gasteiger partial charge is 0.411 e. The monoisotopic (exact) mass is 436 g/mol. The zero-order valence-electron chi connectivity index (χ0n) is 20.1. The van der Waals surface area contributed by atoms with Gasteiger partial charge in [-0.3, -0.25) is 15.4 Å². The van der Waals surface area contributed by atoms with Crippen LogP contribution in [0.3, 0.4) is 0 Å². The summed E-state index contributed by atoms with van der Waals surface area (Å²) in [6.07, 6.45) is 3.08. The van der Waals surface area contributed by atoms with E-state index in [1.165, 1.54) is 22.9 Å². The van der Waals surface area contributed by atoms with Crippen LogP contribution in [0.15, 0.2) is 18.3 Å². The molecular weight excluding hydrogens is 395 g/mol. The van der Waals surface area contributed by atoms with Gasteiger partial charge in [-0.1, -0.05) is 41.5 Å². The smallest absolute Gasteiger partial charge is 0.203 e. The molecule has 0 atom stereocenters. The molecule has 1 aliphatic rings. The van der Waals surface area contributed by atoms with E-state index in [-0.39, 0.29) is 17.0 Å². The minimum atomic E-state index is -1.98. The molecule has 1 aromatic rings. The molecule has 5 nitrogen and oxygen atoms in total. The van der Waals surface area contributed by atoms with Crippen molar-refractivity contribution in [1.29, 1.82) is 10.8 Å². The number of rotatable bonds is 6. The first-order valence-corrected chi connectivity index (χ1v) is 13.4. The average molecular weight is 437 g/mol. The van der Waals surface area contributed by atoms with E-state index in [1.807, 2.05) is 4.90 Å². The van der Waals surface area contributed by atoms with E-state index < -0.39 is 14.1 Å². The molecule has 2 N–H and O–H groups in total. The lowest BCUT2D eigenvalue weighted by Gasteiger charge is -2.51. The zero-order valence-corrected chi connectivity index (χ0v) is 21.1. The summed E-state index contributed by atoms with van der Waals surface area (Å²) in [6.45, 7) is 19.9. The number of halogens is 1. The van der Waals surface area contributed by atoms with Crippen LogP contribution in [0, 0.1) is 22.6 Å². The standard InChI is InChI=1S/C23H41FN4OSi/c1-16(2)30(17(3)4,18(5)6)29-23(7,8)19-11-13-27(14-12-19)22(26)28-15-20(24)9-10-21(28)25/h9-10,15-19,25-26H,11-14H2,1-8H3. The van der Waals surface area contributed by atoms with Gasteiger partial charge >= 0.3 is 0 Å². The van der Waals surface area contributed by atoms with Gasteiger partial charge in [-0.2, -0.15) is 0 Å². The van der Waals surface area contributed by atoms with Crippen LogP contribution in [-0.4, -0.2) is 42.4 Å². The van der Waals surface area contributed by atoms with Crippen molar-refractivity contribution >= 4 is 14.3 Å². The number of piperidine rings is 1. The minimum absolute atomic E-state index is 0.119. The zero-order chi connectivity index (χ0) is 22.9. The summed E-state index contributed by atoms with van der Waals surface area (Å²) in [4.78, 5) is 1.95. The van der Waals surface area contributed by atoms with Gasteiger partial charge in [0.15, 0.2) is 0 Å². The first-order valence-electron chi connectivity index (χ1n) is 11.3. The summed E-state index contributed by atoms with van der Waals surface area (Å²) in [6, 6.07) is 2.65. The van der Waals surface area contributed by atoms with Crippen molar-refractivity contribution in [3.05, 3.63) is 29.6 Å². The molecule has 0 aliphatic carbocycles. The summed E-state index contributed by atoms with van der Waals surface area (Å²) in [7, 11) is -1.98. The molecular formula is C23H41FN4OSi. The lowest BCUT2D eigenvalue weighted by molar-refractivity contribution is 0.00254. The van der Waals surface area contributed by atoms with E-state index >= 15 is 0 Å². The number of aromatic nitrogens is 1. The Morgan fingerprint density at radius 1 is 1.07 bits per heavy atom. The van der Waals surface area contributed by atoms with Crippen molar-refractivity contribution in [2.75, 3.05) is 13.1 Å². The van der Waals surface area contributed by atoms with Crippen LogP contribution < -0.4 is 5.49 Å². The number of nitrogens with one attached hydrogen (secondary N) is 2. The Morgan fingerprint density at radius 2 is 1.57 bits per heavy atom. The second kappa shape index (κ2) is 9.35. The first kappa shape index (κ1) is 24.8. The molecule has 0 bridgehead atoms. The number of nitrogens with zero attached hydrogens (tertiary/aromatic N) is 2. The molecule has 1 aromatic heterocycles. The fourth-order valence-corrected chi connectivity index (χ4v) is 11.3. The van der Waals surface area contributed by atoms with Crippen LogP contribution >= 0.6 is 0 Å². The maximum absolute atomic E-state index is 13.6. The van der Waals surface area contributed by atoms with E-state index in [9.17, 15) is 4.39 Å². The Bertz CT molecular complexity index is 773. The van der Waals surface area contributed by atoms with Gasteiger partial charge in [-0.25, -0.2) is 4.39 Å². The number of hydrogen-bond acceptors (Lipinski definition) is 3. The van der Waals surface area contributed by atoms with Gasteiger partial charge in [0, 0.05) is 19.3 Å². The molecule has 1 fully saturated rings. The van der Waals surface area contributed by atoms with Crippen molar-refractivity contribution in [2.24, 2.45) is 5.92 Å². The molecule has 1 aliphatic heterocycles. The van der Waals surface area contributed by atoms with Gasteiger partial charge in [0.05, 0.1) is 5.60 Å². The van der Waals surface area contributed by atoms with E-state index in [1.54, 1.807) is 0 Å². The van der Waals surface area contributed by atoms with Crippen molar-refractivity contribution in [3.8, 4) is 0 Å². The second-order valence-corrected chi connectivity index (χ2v) is 15.6. The van der Waals surface area contributed by atoms with E-state index in [2.05, 4.69) is 55.4 Å². The molecule has 1 saturated heterocycles. The lowest BCUT2D eigenvalue weighted by Crippen LogP contribution is -2.56. The molecule has 0 unspecified atom stereocenters. The molecule has 0 aromatic carbocycles. The molecule has 0 radical (unpaired) electrons. The van der Waals surface area contributed by atoms with Crippen LogP contribution in [0.25, 0.3) is 0 Å². The van der Waals surface area contributed by atoms with Gasteiger partial charge in [0.1, 0.15) is 11.3 Å². The van der Waals surface area contributed by atoms with Gasteiger partial charge in [0.25, 0.3) is 0 Å². The minimum Gasteiger partial charge on any atom is -0.411 e. The number of likely N-dealkylation sites (tertiary alicyclic amines) is 1. The molecule has 2 rings (SSSR count). The average Bonchev–Trinajstić information content (AvgIpc) is 2.66. The normalized spacial score (nSPS) is 16.7. The summed E-state index contributed by atoms with van der Waals surface area (Å²) >= 11 is 0. The molecule has 30 heavy (non-hydrogen) atoms. The van der Waals surface area contributed by atoms with Gasteiger partial charge in [-0.15, -0.1) is 0 Å². The Hall–Kier alpha value is -1.47. The highest BCUT2D eigenvalue weighted by atomic mass is 28.4. The van der Waals surface area contributed by atoms with Crippen molar-refractivity contribution in [3.63, 3.8) is 0 Å². The van der Waals surface area contributed by atoms with Gasteiger partial charge < -0.3 is 9.33 Å². The van der Waals surface area contributed by atoms with Crippen molar-refractivity contribution in [2.45, 2.75) is 90.5 Å². The summed E-state index contributed by atoms with van der Waals surface area (Å²) in [5.74, 6) is 0.155. The van der Waals surface area contributed by atoms with Gasteiger partial charge in [-0.05, 0) is 61.4 Å². The van der Waals surface area contributed by atoms with Crippen LogP contribution in [0.4, 0.5) is 4.39 Å². The third-order valence-corrected chi connectivity index (χ3v) is 13.4. The second-order valence-electron chi connectivity index (χ2n) is 10.2. The SMILES string of the molecule is CC(C)[Si](OC(C)(C)C1CCN(C(=N)n2cc(F)ccc2=N)CC1)(C(C)C)C(C)C. The maximum atomic E-state index is 13.6. The van der Waals surface area contributed by atoms with Crippen LogP contribution in [0.1, 0.15) is 68.2 Å². The maximum Gasteiger partial charge on any atom is 0.203 e. The van der Waals surface area contributed by atoms with Crippen molar-refractivity contribution in [1.82, 2.24) is 9.47 Å². The molecule has 2 heterocycles. The van der Waals surface area contributed by atoms with E-state index in [4.69, 9.17) is 15.2 Å². The van der Waals surface area contributed by atoms with Crippen molar-refractivity contribution < 1.29 is 8.82 Å². The third-order valence-electron chi connectivity index (χ3n) is 7.07. The van der Waals surface area contributed by atoms with E-state index in [0.717, 1.165) is 25.9 Å². The number of pyridine rings is 1. The topological polar surface area (TPSA) is 65.1 Å². The quantitative estimate of drug-likeness (QED) is 0.348.